The predicted molar refractivity (Wildman–Crippen MR) is 66.3 cm³/mol. The third-order valence-corrected chi connectivity index (χ3v) is 4.42. The Balaban J connectivity index is 2.00. The number of fused-ring (bicyclic) bond motifs is 1. The third-order valence-electron chi connectivity index (χ3n) is 4.42. The molecule has 17 heavy (non-hydrogen) atoms. The molecule has 2 aliphatic carbocycles. The van der Waals surface area contributed by atoms with Gasteiger partial charge in [-0.25, -0.2) is 5.84 Å². The lowest BCUT2D eigenvalue weighted by Gasteiger charge is -2.40. The van der Waals surface area contributed by atoms with Crippen LogP contribution < -0.4 is 11.3 Å². The molecule has 0 aromatic heterocycles. The van der Waals surface area contributed by atoms with Gasteiger partial charge in [0.2, 0.25) is 5.91 Å². The SMILES string of the molecule is NNC(=O)C1(c2ccc3c(c2)CCC3)CCC1. The van der Waals surface area contributed by atoms with Crippen LogP contribution >= 0.6 is 0 Å². The zero-order valence-corrected chi connectivity index (χ0v) is 9.96. The van der Waals surface area contributed by atoms with Gasteiger partial charge in [-0.3, -0.25) is 10.2 Å². The maximum atomic E-state index is 12.0. The summed E-state index contributed by atoms with van der Waals surface area (Å²) in [6, 6.07) is 6.55. The van der Waals surface area contributed by atoms with E-state index in [2.05, 4.69) is 23.6 Å². The Bertz CT molecular complexity index is 463. The molecule has 90 valence electrons. The van der Waals surface area contributed by atoms with Gasteiger partial charge in [0.05, 0.1) is 5.41 Å². The molecule has 1 saturated carbocycles. The molecular weight excluding hydrogens is 212 g/mol. The number of hydrogen-bond acceptors (Lipinski definition) is 2. The molecule has 1 amide bonds. The highest BCUT2D eigenvalue weighted by molar-refractivity contribution is 5.88. The summed E-state index contributed by atoms with van der Waals surface area (Å²) in [7, 11) is 0. The molecule has 0 atom stereocenters. The second kappa shape index (κ2) is 3.84. The minimum absolute atomic E-state index is 0.0262. The number of hydrogen-bond donors (Lipinski definition) is 2. The van der Waals surface area contributed by atoms with Crippen LogP contribution in [0, 0.1) is 0 Å². The zero-order chi connectivity index (χ0) is 11.9. The minimum atomic E-state index is -0.341. The smallest absolute Gasteiger partial charge is 0.244 e. The van der Waals surface area contributed by atoms with Crippen LogP contribution in [0.4, 0.5) is 0 Å². The summed E-state index contributed by atoms with van der Waals surface area (Å²) in [5.74, 6) is 5.29. The molecule has 1 aromatic carbocycles. The van der Waals surface area contributed by atoms with Crippen LogP contribution in [-0.4, -0.2) is 5.91 Å². The quantitative estimate of drug-likeness (QED) is 0.460. The summed E-state index contributed by atoms with van der Waals surface area (Å²) < 4.78 is 0. The third kappa shape index (κ3) is 1.49. The van der Waals surface area contributed by atoms with Crippen molar-refractivity contribution in [3.63, 3.8) is 0 Å². The Kier molecular flexibility index (Phi) is 2.44. The summed E-state index contributed by atoms with van der Waals surface area (Å²) >= 11 is 0. The summed E-state index contributed by atoms with van der Waals surface area (Å²) in [6.07, 6.45) is 6.55. The number of rotatable bonds is 2. The van der Waals surface area contributed by atoms with Crippen molar-refractivity contribution in [3.05, 3.63) is 34.9 Å². The van der Waals surface area contributed by atoms with Crippen LogP contribution in [0.5, 0.6) is 0 Å². The van der Waals surface area contributed by atoms with E-state index in [-0.39, 0.29) is 11.3 Å². The van der Waals surface area contributed by atoms with Crippen molar-refractivity contribution in [2.24, 2.45) is 5.84 Å². The van der Waals surface area contributed by atoms with E-state index < -0.39 is 0 Å². The zero-order valence-electron chi connectivity index (χ0n) is 9.96. The van der Waals surface area contributed by atoms with Crippen LogP contribution in [0.2, 0.25) is 0 Å². The van der Waals surface area contributed by atoms with Gasteiger partial charge in [-0.1, -0.05) is 24.6 Å². The van der Waals surface area contributed by atoms with E-state index >= 15 is 0 Å². The molecule has 0 saturated heterocycles. The molecule has 2 aliphatic rings. The van der Waals surface area contributed by atoms with Crippen molar-refractivity contribution in [3.8, 4) is 0 Å². The molecule has 0 aliphatic heterocycles. The van der Waals surface area contributed by atoms with Gasteiger partial charge in [-0.2, -0.15) is 0 Å². The lowest BCUT2D eigenvalue weighted by molar-refractivity contribution is -0.130. The second-order valence-corrected chi connectivity index (χ2v) is 5.25. The Morgan fingerprint density at radius 2 is 1.94 bits per heavy atom. The lowest BCUT2D eigenvalue weighted by Crippen LogP contribution is -2.51. The maximum absolute atomic E-state index is 12.0. The van der Waals surface area contributed by atoms with E-state index in [1.807, 2.05) is 0 Å². The average molecular weight is 230 g/mol. The Morgan fingerprint density at radius 3 is 2.59 bits per heavy atom. The monoisotopic (exact) mass is 230 g/mol. The van der Waals surface area contributed by atoms with Gasteiger partial charge in [0.25, 0.3) is 0 Å². The first-order valence-corrected chi connectivity index (χ1v) is 6.40. The number of nitrogens with one attached hydrogen (secondary N) is 1. The van der Waals surface area contributed by atoms with Crippen LogP contribution in [-0.2, 0) is 23.1 Å². The molecule has 1 aromatic rings. The topological polar surface area (TPSA) is 55.1 Å². The Hall–Kier alpha value is -1.35. The molecule has 1 fully saturated rings. The highest BCUT2D eigenvalue weighted by Crippen LogP contribution is 2.44. The molecule has 0 heterocycles. The van der Waals surface area contributed by atoms with Crippen molar-refractivity contribution in [1.29, 1.82) is 0 Å². The van der Waals surface area contributed by atoms with Crippen molar-refractivity contribution in [2.75, 3.05) is 0 Å². The van der Waals surface area contributed by atoms with Gasteiger partial charge in [0.15, 0.2) is 0 Å². The Morgan fingerprint density at radius 1 is 1.18 bits per heavy atom. The van der Waals surface area contributed by atoms with E-state index in [1.54, 1.807) is 0 Å². The molecule has 3 nitrogen and oxygen atoms in total. The van der Waals surface area contributed by atoms with Gasteiger partial charge in [-0.15, -0.1) is 0 Å². The summed E-state index contributed by atoms with van der Waals surface area (Å²) in [6.45, 7) is 0. The number of carbonyl (C=O) groups is 1. The number of amides is 1. The summed E-state index contributed by atoms with van der Waals surface area (Å²) in [4.78, 5) is 12.0. The van der Waals surface area contributed by atoms with Crippen molar-refractivity contribution in [1.82, 2.24) is 5.43 Å². The van der Waals surface area contributed by atoms with Crippen LogP contribution in [0.25, 0.3) is 0 Å². The van der Waals surface area contributed by atoms with Crippen molar-refractivity contribution < 1.29 is 4.79 Å². The van der Waals surface area contributed by atoms with Gasteiger partial charge in [0, 0.05) is 0 Å². The molecule has 3 heteroatoms. The number of nitrogens with two attached hydrogens (primary N) is 1. The lowest BCUT2D eigenvalue weighted by atomic mass is 9.63. The number of hydrazine groups is 1. The Labute approximate surface area is 101 Å². The fourth-order valence-corrected chi connectivity index (χ4v) is 3.18. The molecular formula is C14H18N2O. The van der Waals surface area contributed by atoms with E-state index in [1.165, 1.54) is 24.0 Å². The fraction of sp³-hybridized carbons (Fsp3) is 0.500. The van der Waals surface area contributed by atoms with E-state index in [4.69, 9.17) is 5.84 Å². The fourth-order valence-electron chi connectivity index (χ4n) is 3.18. The summed E-state index contributed by atoms with van der Waals surface area (Å²) in [5.41, 5.74) is 6.04. The van der Waals surface area contributed by atoms with Crippen molar-refractivity contribution in [2.45, 2.75) is 43.9 Å². The summed E-state index contributed by atoms with van der Waals surface area (Å²) in [5, 5.41) is 0. The average Bonchev–Trinajstić information content (AvgIpc) is 2.74. The first-order valence-electron chi connectivity index (χ1n) is 6.40. The molecule has 0 spiro atoms. The van der Waals surface area contributed by atoms with E-state index in [0.717, 1.165) is 31.2 Å². The molecule has 0 unspecified atom stereocenters. The van der Waals surface area contributed by atoms with Crippen molar-refractivity contribution >= 4 is 5.91 Å². The number of aryl methyl sites for hydroxylation is 2. The molecule has 3 rings (SSSR count). The van der Waals surface area contributed by atoms with Gasteiger partial charge in [0.1, 0.15) is 0 Å². The van der Waals surface area contributed by atoms with E-state index in [0.29, 0.717) is 0 Å². The first kappa shape index (κ1) is 10.8. The van der Waals surface area contributed by atoms with Crippen LogP contribution in [0.1, 0.15) is 42.4 Å². The van der Waals surface area contributed by atoms with Crippen LogP contribution in [0.3, 0.4) is 0 Å². The number of carbonyl (C=O) groups excluding carboxylic acids is 1. The van der Waals surface area contributed by atoms with E-state index in [9.17, 15) is 4.79 Å². The predicted octanol–water partition coefficient (Wildman–Crippen LogP) is 1.59. The minimum Gasteiger partial charge on any atom is -0.293 e. The van der Waals surface area contributed by atoms with Crippen LogP contribution in [0.15, 0.2) is 18.2 Å². The van der Waals surface area contributed by atoms with Gasteiger partial charge < -0.3 is 0 Å². The highest BCUT2D eigenvalue weighted by Gasteiger charge is 2.45. The number of benzene rings is 1. The first-order chi connectivity index (χ1) is 8.26. The molecule has 3 N–H and O–H groups in total. The standard InChI is InChI=1S/C14H18N2O/c15-16-13(17)14(7-2-8-14)12-6-5-10-3-1-4-11(10)9-12/h5-6,9H,1-4,7-8,15H2,(H,16,17). The van der Waals surface area contributed by atoms with Gasteiger partial charge in [-0.05, 0) is 48.8 Å². The second-order valence-electron chi connectivity index (χ2n) is 5.25. The molecule has 0 radical (unpaired) electrons. The largest absolute Gasteiger partial charge is 0.293 e. The molecule has 0 bridgehead atoms. The maximum Gasteiger partial charge on any atom is 0.244 e. The normalized spacial score (nSPS) is 20.5. The highest BCUT2D eigenvalue weighted by atomic mass is 16.2. The van der Waals surface area contributed by atoms with Gasteiger partial charge >= 0.3 is 0 Å².